The standard InChI is InChI=1S/C19H23NOS/c1-16-7-9-18(10-8-16)15-22-14-13-20-19(21)12-11-17-5-3-2-4-6-17/h2-10H,11-15H2,1H3,(H,20,21). The monoisotopic (exact) mass is 313 g/mol. The van der Waals surface area contributed by atoms with E-state index >= 15 is 0 Å². The first-order valence-corrected chi connectivity index (χ1v) is 8.83. The molecule has 0 radical (unpaired) electrons. The topological polar surface area (TPSA) is 29.1 Å². The Kier molecular flexibility index (Phi) is 7.04. The van der Waals surface area contributed by atoms with E-state index < -0.39 is 0 Å². The number of hydrogen-bond donors (Lipinski definition) is 1. The molecule has 0 aromatic heterocycles. The molecule has 116 valence electrons. The van der Waals surface area contributed by atoms with Crippen LogP contribution < -0.4 is 5.32 Å². The zero-order valence-corrected chi connectivity index (χ0v) is 13.9. The van der Waals surface area contributed by atoms with Gasteiger partial charge in [0.2, 0.25) is 5.91 Å². The lowest BCUT2D eigenvalue weighted by Crippen LogP contribution is -2.25. The van der Waals surface area contributed by atoms with E-state index in [-0.39, 0.29) is 5.91 Å². The number of amides is 1. The molecule has 0 bridgehead atoms. The van der Waals surface area contributed by atoms with Gasteiger partial charge in [0.25, 0.3) is 0 Å². The summed E-state index contributed by atoms with van der Waals surface area (Å²) in [4.78, 5) is 11.8. The third-order valence-electron chi connectivity index (χ3n) is 3.44. The van der Waals surface area contributed by atoms with Crippen LogP contribution >= 0.6 is 11.8 Å². The van der Waals surface area contributed by atoms with Crippen molar-refractivity contribution in [3.63, 3.8) is 0 Å². The average molecular weight is 313 g/mol. The Morgan fingerprint density at radius 1 is 1.00 bits per heavy atom. The molecule has 1 amide bonds. The van der Waals surface area contributed by atoms with Crippen molar-refractivity contribution < 1.29 is 4.79 Å². The molecule has 0 saturated heterocycles. The smallest absolute Gasteiger partial charge is 0.220 e. The lowest BCUT2D eigenvalue weighted by atomic mass is 10.1. The Hall–Kier alpha value is -1.74. The number of aryl methyl sites for hydroxylation is 2. The van der Waals surface area contributed by atoms with Crippen LogP contribution in [-0.2, 0) is 17.0 Å². The number of benzene rings is 2. The van der Waals surface area contributed by atoms with E-state index in [1.54, 1.807) is 0 Å². The number of nitrogens with one attached hydrogen (secondary N) is 1. The van der Waals surface area contributed by atoms with Crippen molar-refractivity contribution in [2.75, 3.05) is 12.3 Å². The highest BCUT2D eigenvalue weighted by molar-refractivity contribution is 7.98. The van der Waals surface area contributed by atoms with Crippen LogP contribution in [0.2, 0.25) is 0 Å². The molecule has 0 spiro atoms. The van der Waals surface area contributed by atoms with Crippen molar-refractivity contribution in [1.29, 1.82) is 0 Å². The van der Waals surface area contributed by atoms with E-state index in [1.165, 1.54) is 16.7 Å². The van der Waals surface area contributed by atoms with E-state index in [2.05, 4.69) is 48.6 Å². The third kappa shape index (κ3) is 6.35. The van der Waals surface area contributed by atoms with Gasteiger partial charge in [0.1, 0.15) is 0 Å². The van der Waals surface area contributed by atoms with Crippen LogP contribution in [-0.4, -0.2) is 18.2 Å². The summed E-state index contributed by atoms with van der Waals surface area (Å²) in [6.45, 7) is 2.84. The molecule has 0 saturated carbocycles. The number of rotatable bonds is 8. The van der Waals surface area contributed by atoms with Crippen LogP contribution in [0.5, 0.6) is 0 Å². The quantitative estimate of drug-likeness (QED) is 0.747. The molecule has 0 fully saturated rings. The van der Waals surface area contributed by atoms with Gasteiger partial charge in [-0.05, 0) is 24.5 Å². The number of hydrogen-bond acceptors (Lipinski definition) is 2. The first-order valence-electron chi connectivity index (χ1n) is 7.68. The zero-order chi connectivity index (χ0) is 15.6. The lowest BCUT2D eigenvalue weighted by Gasteiger charge is -2.06. The lowest BCUT2D eigenvalue weighted by molar-refractivity contribution is -0.120. The molecule has 2 aromatic rings. The van der Waals surface area contributed by atoms with Crippen molar-refractivity contribution in [3.05, 3.63) is 71.3 Å². The molecule has 0 atom stereocenters. The molecule has 0 aliphatic carbocycles. The molecular formula is C19H23NOS. The third-order valence-corrected chi connectivity index (χ3v) is 4.47. The van der Waals surface area contributed by atoms with Crippen molar-refractivity contribution in [2.45, 2.75) is 25.5 Å². The van der Waals surface area contributed by atoms with Gasteiger partial charge in [-0.15, -0.1) is 0 Å². The Bertz CT molecular complexity index is 566. The van der Waals surface area contributed by atoms with Crippen LogP contribution in [0.3, 0.4) is 0 Å². The van der Waals surface area contributed by atoms with Crippen LogP contribution in [0.4, 0.5) is 0 Å². The summed E-state index contributed by atoms with van der Waals surface area (Å²) in [7, 11) is 0. The molecule has 3 heteroatoms. The zero-order valence-electron chi connectivity index (χ0n) is 13.0. The van der Waals surface area contributed by atoms with Gasteiger partial charge in [-0.3, -0.25) is 4.79 Å². The molecule has 0 heterocycles. The fourth-order valence-electron chi connectivity index (χ4n) is 2.13. The molecule has 2 aromatic carbocycles. The fraction of sp³-hybridized carbons (Fsp3) is 0.316. The van der Waals surface area contributed by atoms with Gasteiger partial charge in [0.05, 0.1) is 0 Å². The maximum atomic E-state index is 11.8. The van der Waals surface area contributed by atoms with Crippen molar-refractivity contribution >= 4 is 17.7 Å². The SMILES string of the molecule is Cc1ccc(CSCCNC(=O)CCc2ccccc2)cc1. The Labute approximate surface area is 137 Å². The van der Waals surface area contributed by atoms with Gasteiger partial charge >= 0.3 is 0 Å². The number of carbonyl (C=O) groups is 1. The highest BCUT2D eigenvalue weighted by atomic mass is 32.2. The number of carbonyl (C=O) groups excluding carboxylic acids is 1. The van der Waals surface area contributed by atoms with Crippen LogP contribution in [0, 0.1) is 6.92 Å². The minimum Gasteiger partial charge on any atom is -0.355 e. The van der Waals surface area contributed by atoms with Gasteiger partial charge in [0, 0.05) is 24.5 Å². The second-order valence-corrected chi connectivity index (χ2v) is 6.48. The van der Waals surface area contributed by atoms with Gasteiger partial charge in [-0.25, -0.2) is 0 Å². The molecule has 22 heavy (non-hydrogen) atoms. The predicted octanol–water partition coefficient (Wildman–Crippen LogP) is 3.98. The fourth-order valence-corrected chi connectivity index (χ4v) is 2.95. The molecule has 2 nitrogen and oxygen atoms in total. The van der Waals surface area contributed by atoms with Gasteiger partial charge < -0.3 is 5.32 Å². The van der Waals surface area contributed by atoms with Crippen LogP contribution in [0.25, 0.3) is 0 Å². The van der Waals surface area contributed by atoms with E-state index in [1.807, 2.05) is 30.0 Å². The van der Waals surface area contributed by atoms with E-state index in [9.17, 15) is 4.79 Å². The highest BCUT2D eigenvalue weighted by Gasteiger charge is 2.01. The summed E-state index contributed by atoms with van der Waals surface area (Å²) >= 11 is 1.85. The van der Waals surface area contributed by atoms with E-state index in [0.717, 1.165) is 24.5 Å². The highest BCUT2D eigenvalue weighted by Crippen LogP contribution is 2.12. The average Bonchev–Trinajstić information content (AvgIpc) is 2.55. The molecule has 0 aliphatic heterocycles. The van der Waals surface area contributed by atoms with Gasteiger partial charge in [-0.1, -0.05) is 60.2 Å². The molecule has 1 N–H and O–H groups in total. The maximum absolute atomic E-state index is 11.8. The van der Waals surface area contributed by atoms with Crippen molar-refractivity contribution in [1.82, 2.24) is 5.32 Å². The Balaban J connectivity index is 1.54. The van der Waals surface area contributed by atoms with Gasteiger partial charge in [-0.2, -0.15) is 11.8 Å². The van der Waals surface area contributed by atoms with E-state index in [0.29, 0.717) is 6.42 Å². The first-order chi connectivity index (χ1) is 10.7. The second kappa shape index (κ2) is 9.31. The molecule has 0 aliphatic rings. The first kappa shape index (κ1) is 16.6. The Morgan fingerprint density at radius 2 is 1.73 bits per heavy atom. The minimum atomic E-state index is 0.139. The molecule has 2 rings (SSSR count). The largest absolute Gasteiger partial charge is 0.355 e. The predicted molar refractivity (Wildman–Crippen MR) is 95.1 cm³/mol. The summed E-state index contributed by atoms with van der Waals surface area (Å²) in [6, 6.07) is 18.7. The summed E-state index contributed by atoms with van der Waals surface area (Å²) < 4.78 is 0. The number of thioether (sulfide) groups is 1. The molecular weight excluding hydrogens is 290 g/mol. The summed E-state index contributed by atoms with van der Waals surface area (Å²) in [6.07, 6.45) is 1.37. The second-order valence-electron chi connectivity index (χ2n) is 5.37. The van der Waals surface area contributed by atoms with Crippen LogP contribution in [0.15, 0.2) is 54.6 Å². The summed E-state index contributed by atoms with van der Waals surface area (Å²) in [5, 5.41) is 2.99. The summed E-state index contributed by atoms with van der Waals surface area (Å²) in [5.74, 6) is 2.09. The van der Waals surface area contributed by atoms with Gasteiger partial charge in [0.15, 0.2) is 0 Å². The van der Waals surface area contributed by atoms with Crippen molar-refractivity contribution in [3.8, 4) is 0 Å². The maximum Gasteiger partial charge on any atom is 0.220 e. The molecule has 0 unspecified atom stereocenters. The normalized spacial score (nSPS) is 10.4. The Morgan fingerprint density at radius 3 is 2.45 bits per heavy atom. The summed E-state index contributed by atoms with van der Waals surface area (Å²) in [5.41, 5.74) is 3.84. The minimum absolute atomic E-state index is 0.139. The van der Waals surface area contributed by atoms with E-state index in [4.69, 9.17) is 0 Å². The van der Waals surface area contributed by atoms with Crippen molar-refractivity contribution in [2.24, 2.45) is 0 Å². The van der Waals surface area contributed by atoms with Crippen LogP contribution in [0.1, 0.15) is 23.1 Å².